The van der Waals surface area contributed by atoms with Crippen LogP contribution < -0.4 is 0 Å². The summed E-state index contributed by atoms with van der Waals surface area (Å²) in [5.74, 6) is -0.315. The summed E-state index contributed by atoms with van der Waals surface area (Å²) in [5, 5.41) is 0. The number of esters is 1. The van der Waals surface area contributed by atoms with Crippen molar-refractivity contribution in [1.82, 2.24) is 4.90 Å². The van der Waals surface area contributed by atoms with Gasteiger partial charge in [-0.1, -0.05) is 60.7 Å². The average Bonchev–Trinajstić information content (AvgIpc) is 2.82. The molecule has 1 aliphatic rings. The lowest BCUT2D eigenvalue weighted by molar-refractivity contribution is -0.144. The number of aryl methyl sites for hydroxylation is 1. The van der Waals surface area contributed by atoms with Gasteiger partial charge in [0.05, 0.1) is 11.5 Å². The van der Waals surface area contributed by atoms with Crippen molar-refractivity contribution in [2.24, 2.45) is 0 Å². The molecule has 1 fully saturated rings. The van der Waals surface area contributed by atoms with Crippen molar-refractivity contribution in [3.8, 4) is 0 Å². The van der Waals surface area contributed by atoms with Gasteiger partial charge < -0.3 is 4.74 Å². The van der Waals surface area contributed by atoms with Crippen LogP contribution in [0.3, 0.4) is 0 Å². The summed E-state index contributed by atoms with van der Waals surface area (Å²) >= 11 is 6.60. The number of hydrogen-bond acceptors (Lipinski definition) is 5. The van der Waals surface area contributed by atoms with Crippen LogP contribution in [0.2, 0.25) is 0 Å². The Morgan fingerprint density at radius 2 is 2.04 bits per heavy atom. The van der Waals surface area contributed by atoms with E-state index >= 15 is 0 Å². The molecule has 0 aromatic heterocycles. The van der Waals surface area contributed by atoms with E-state index in [4.69, 9.17) is 17.0 Å². The molecule has 6 heteroatoms. The highest BCUT2D eigenvalue weighted by Gasteiger charge is 2.31. The Kier molecular flexibility index (Phi) is 6.99. The van der Waals surface area contributed by atoms with Crippen molar-refractivity contribution in [3.63, 3.8) is 0 Å². The summed E-state index contributed by atoms with van der Waals surface area (Å²) < 4.78 is 5.57. The molecule has 1 aliphatic heterocycles. The second-order valence-corrected chi connectivity index (χ2v) is 7.24. The van der Waals surface area contributed by atoms with Gasteiger partial charge in [-0.05, 0) is 31.4 Å². The van der Waals surface area contributed by atoms with Gasteiger partial charge in [-0.15, -0.1) is 0 Å². The molecular weight excluding hydrogens is 342 g/mol. The molecule has 0 atom stereocenters. The van der Waals surface area contributed by atoms with Crippen molar-refractivity contribution < 1.29 is 14.3 Å². The zero-order valence-electron chi connectivity index (χ0n) is 13.9. The molecule has 0 aliphatic carbocycles. The van der Waals surface area contributed by atoms with Crippen LogP contribution in [0.25, 0.3) is 6.08 Å². The minimum absolute atomic E-state index is 0.0903. The van der Waals surface area contributed by atoms with Gasteiger partial charge in [-0.3, -0.25) is 14.5 Å². The Labute approximate surface area is 152 Å². The Morgan fingerprint density at radius 1 is 1.33 bits per heavy atom. The van der Waals surface area contributed by atoms with Crippen LogP contribution in [0.1, 0.15) is 37.3 Å². The highest BCUT2D eigenvalue weighted by Crippen LogP contribution is 2.32. The number of carbonyl (C=O) groups excluding carboxylic acids is 2. The maximum Gasteiger partial charge on any atom is 0.305 e. The molecule has 0 saturated carbocycles. The zero-order chi connectivity index (χ0) is 17.5. The number of ether oxygens (including phenoxy) is 1. The van der Waals surface area contributed by atoms with E-state index in [0.717, 1.165) is 12.0 Å². The van der Waals surface area contributed by atoms with E-state index in [1.165, 1.54) is 17.3 Å². The Hall–Kier alpha value is -1.66. The smallest absolute Gasteiger partial charge is 0.305 e. The van der Waals surface area contributed by atoms with Crippen molar-refractivity contribution in [2.45, 2.75) is 33.1 Å². The van der Waals surface area contributed by atoms with Gasteiger partial charge in [-0.25, -0.2) is 0 Å². The zero-order valence-corrected chi connectivity index (χ0v) is 15.5. The minimum Gasteiger partial charge on any atom is -0.466 e. The van der Waals surface area contributed by atoms with Gasteiger partial charge >= 0.3 is 5.97 Å². The van der Waals surface area contributed by atoms with Crippen LogP contribution in [0.5, 0.6) is 0 Å². The first-order valence-electron chi connectivity index (χ1n) is 7.99. The van der Waals surface area contributed by atoms with Crippen molar-refractivity contribution in [3.05, 3.63) is 40.3 Å². The fraction of sp³-hybridized carbons (Fsp3) is 0.389. The van der Waals surface area contributed by atoms with Crippen LogP contribution in [0.4, 0.5) is 0 Å². The number of rotatable bonds is 7. The summed E-state index contributed by atoms with van der Waals surface area (Å²) in [7, 11) is 0. The predicted molar refractivity (Wildman–Crippen MR) is 102 cm³/mol. The highest BCUT2D eigenvalue weighted by molar-refractivity contribution is 8.26. The summed E-state index contributed by atoms with van der Waals surface area (Å²) in [4.78, 5) is 26.1. The Morgan fingerprint density at radius 3 is 2.71 bits per heavy atom. The number of amides is 1. The fourth-order valence-electron chi connectivity index (χ4n) is 2.18. The number of thioether (sulfide) groups is 1. The van der Waals surface area contributed by atoms with E-state index in [1.807, 2.05) is 44.2 Å². The van der Waals surface area contributed by atoms with E-state index in [1.54, 1.807) is 4.90 Å². The Bertz CT molecular complexity index is 653. The summed E-state index contributed by atoms with van der Waals surface area (Å²) in [5.41, 5.74) is 2.15. The van der Waals surface area contributed by atoms with E-state index in [-0.39, 0.29) is 11.9 Å². The fourth-order valence-corrected chi connectivity index (χ4v) is 3.48. The van der Waals surface area contributed by atoms with Crippen LogP contribution in [0.15, 0.2) is 29.2 Å². The third kappa shape index (κ3) is 5.18. The molecule has 128 valence electrons. The molecule has 1 amide bonds. The molecule has 4 nitrogen and oxygen atoms in total. The normalized spacial score (nSPS) is 16.1. The van der Waals surface area contributed by atoms with Gasteiger partial charge in [0.25, 0.3) is 5.91 Å². The van der Waals surface area contributed by atoms with Crippen LogP contribution in [-0.4, -0.2) is 34.2 Å². The van der Waals surface area contributed by atoms with E-state index in [9.17, 15) is 9.59 Å². The first kappa shape index (κ1) is 18.7. The number of nitrogens with zero attached hydrogens (tertiary/aromatic N) is 1. The third-order valence-corrected chi connectivity index (χ3v) is 4.86. The Balaban J connectivity index is 1.91. The number of carbonyl (C=O) groups is 2. The van der Waals surface area contributed by atoms with Crippen molar-refractivity contribution in [2.75, 3.05) is 13.2 Å². The second kappa shape index (κ2) is 8.99. The highest BCUT2D eigenvalue weighted by atomic mass is 32.2. The molecular formula is C18H21NO3S2. The quantitative estimate of drug-likeness (QED) is 0.417. The number of thiocarbonyl (C=S) groups is 1. The van der Waals surface area contributed by atoms with E-state index in [2.05, 4.69) is 0 Å². The standard InChI is InChI=1S/C18H21NO3S2/c1-3-11-22-16(20)5-4-10-19-17(21)15(24-18(19)23)12-14-8-6-13(2)7-9-14/h6-9,12H,3-5,10-11H2,1-2H3/b15-12-. The molecule has 0 radical (unpaired) electrons. The minimum atomic E-state index is -0.225. The molecule has 1 aromatic carbocycles. The second-order valence-electron chi connectivity index (χ2n) is 5.57. The number of benzene rings is 1. The summed E-state index contributed by atoms with van der Waals surface area (Å²) in [6.07, 6.45) is 3.51. The monoisotopic (exact) mass is 363 g/mol. The van der Waals surface area contributed by atoms with Gasteiger partial charge in [0, 0.05) is 13.0 Å². The summed E-state index contributed by atoms with van der Waals surface area (Å²) in [6.45, 7) is 4.86. The number of hydrogen-bond donors (Lipinski definition) is 0. The van der Waals surface area contributed by atoms with E-state index in [0.29, 0.717) is 35.2 Å². The van der Waals surface area contributed by atoms with Crippen LogP contribution in [-0.2, 0) is 14.3 Å². The molecule has 0 bridgehead atoms. The maximum atomic E-state index is 12.5. The molecule has 0 spiro atoms. The summed E-state index contributed by atoms with van der Waals surface area (Å²) in [6, 6.07) is 7.97. The van der Waals surface area contributed by atoms with Crippen molar-refractivity contribution in [1.29, 1.82) is 0 Å². The van der Waals surface area contributed by atoms with Gasteiger partial charge in [0.2, 0.25) is 0 Å². The molecule has 0 N–H and O–H groups in total. The van der Waals surface area contributed by atoms with E-state index < -0.39 is 0 Å². The third-order valence-electron chi connectivity index (χ3n) is 3.48. The lowest BCUT2D eigenvalue weighted by Gasteiger charge is -2.13. The van der Waals surface area contributed by atoms with Crippen LogP contribution >= 0.6 is 24.0 Å². The molecule has 1 aromatic rings. The first-order valence-corrected chi connectivity index (χ1v) is 9.21. The largest absolute Gasteiger partial charge is 0.466 e. The molecule has 1 heterocycles. The lowest BCUT2D eigenvalue weighted by Crippen LogP contribution is -2.29. The average molecular weight is 364 g/mol. The SMILES string of the molecule is CCCOC(=O)CCCN1C(=O)/C(=C/c2ccc(C)cc2)SC1=S. The maximum absolute atomic E-state index is 12.5. The van der Waals surface area contributed by atoms with Gasteiger partial charge in [-0.2, -0.15) is 0 Å². The molecule has 2 rings (SSSR count). The molecule has 1 saturated heterocycles. The van der Waals surface area contributed by atoms with Gasteiger partial charge in [0.15, 0.2) is 0 Å². The topological polar surface area (TPSA) is 46.6 Å². The predicted octanol–water partition coefficient (Wildman–Crippen LogP) is 3.93. The molecule has 24 heavy (non-hydrogen) atoms. The lowest BCUT2D eigenvalue weighted by atomic mass is 10.1. The first-order chi connectivity index (χ1) is 11.5. The molecule has 0 unspecified atom stereocenters. The van der Waals surface area contributed by atoms with Crippen LogP contribution in [0, 0.1) is 6.92 Å². The van der Waals surface area contributed by atoms with Gasteiger partial charge in [0.1, 0.15) is 4.32 Å². The van der Waals surface area contributed by atoms with Crippen molar-refractivity contribution >= 4 is 46.3 Å².